The second kappa shape index (κ2) is 8.39. The molecule has 1 N–H and O–H groups in total. The molecule has 134 valence electrons. The SMILES string of the molecule is CCOC(=O)CN1C(=O)S/C(=C\c2cc(Br)c(O)c(OCC)c2)C1=O. The van der Waals surface area contributed by atoms with Crippen LogP contribution in [0, 0.1) is 0 Å². The number of phenolic OH excluding ortho intramolecular Hbond substituents is 1. The van der Waals surface area contributed by atoms with Crippen molar-refractivity contribution < 1.29 is 29.0 Å². The molecule has 9 heteroatoms. The van der Waals surface area contributed by atoms with Crippen LogP contribution in [0.2, 0.25) is 0 Å². The Balaban J connectivity index is 2.26. The van der Waals surface area contributed by atoms with E-state index in [-0.39, 0.29) is 23.0 Å². The summed E-state index contributed by atoms with van der Waals surface area (Å²) in [6.45, 7) is 3.54. The largest absolute Gasteiger partial charge is 0.503 e. The molecule has 1 fully saturated rings. The third-order valence-electron chi connectivity index (χ3n) is 3.11. The zero-order valence-corrected chi connectivity index (χ0v) is 16.0. The molecule has 1 saturated heterocycles. The standard InChI is InChI=1S/C16H16BrNO6S/c1-3-23-11-6-9(5-10(17)14(11)20)7-12-15(21)18(16(22)25-12)8-13(19)24-4-2/h5-7,20H,3-4,8H2,1-2H3/b12-7-. The summed E-state index contributed by atoms with van der Waals surface area (Å²) in [5.74, 6) is -0.995. The van der Waals surface area contributed by atoms with E-state index in [2.05, 4.69) is 15.9 Å². The number of ether oxygens (including phenoxy) is 2. The van der Waals surface area contributed by atoms with Gasteiger partial charge in [-0.25, -0.2) is 0 Å². The van der Waals surface area contributed by atoms with Crippen LogP contribution in [0.4, 0.5) is 4.79 Å². The van der Waals surface area contributed by atoms with E-state index in [0.29, 0.717) is 16.6 Å². The Morgan fingerprint density at radius 2 is 2.04 bits per heavy atom. The molecule has 1 aliphatic heterocycles. The Morgan fingerprint density at radius 3 is 2.68 bits per heavy atom. The molecule has 0 bridgehead atoms. The van der Waals surface area contributed by atoms with Gasteiger partial charge in [0.25, 0.3) is 11.1 Å². The van der Waals surface area contributed by atoms with Crippen molar-refractivity contribution in [2.75, 3.05) is 19.8 Å². The van der Waals surface area contributed by atoms with Crippen molar-refractivity contribution in [1.82, 2.24) is 4.90 Å². The first-order valence-corrected chi connectivity index (χ1v) is 9.04. The van der Waals surface area contributed by atoms with E-state index in [1.807, 2.05) is 0 Å². The number of thioether (sulfide) groups is 1. The van der Waals surface area contributed by atoms with Gasteiger partial charge in [0.05, 0.1) is 22.6 Å². The number of imide groups is 1. The van der Waals surface area contributed by atoms with Gasteiger partial charge in [-0.1, -0.05) is 0 Å². The molecule has 0 radical (unpaired) electrons. The highest BCUT2D eigenvalue weighted by molar-refractivity contribution is 9.10. The molecule has 0 spiro atoms. The predicted molar refractivity (Wildman–Crippen MR) is 96.3 cm³/mol. The molecule has 25 heavy (non-hydrogen) atoms. The number of amides is 2. The third-order valence-corrected chi connectivity index (χ3v) is 4.63. The summed E-state index contributed by atoms with van der Waals surface area (Å²) in [7, 11) is 0. The Bertz CT molecular complexity index is 748. The van der Waals surface area contributed by atoms with E-state index in [0.717, 1.165) is 16.7 Å². The smallest absolute Gasteiger partial charge is 0.326 e. The van der Waals surface area contributed by atoms with Crippen LogP contribution >= 0.6 is 27.7 Å². The van der Waals surface area contributed by atoms with Crippen molar-refractivity contribution in [2.24, 2.45) is 0 Å². The summed E-state index contributed by atoms with van der Waals surface area (Å²) in [4.78, 5) is 36.8. The average molecular weight is 430 g/mol. The maximum Gasteiger partial charge on any atom is 0.326 e. The van der Waals surface area contributed by atoms with Gasteiger partial charge in [0.2, 0.25) is 0 Å². The monoisotopic (exact) mass is 429 g/mol. The van der Waals surface area contributed by atoms with Gasteiger partial charge in [-0.2, -0.15) is 0 Å². The Hall–Kier alpha value is -2.00. The van der Waals surface area contributed by atoms with Crippen molar-refractivity contribution >= 4 is 50.9 Å². The number of carbonyl (C=O) groups excluding carboxylic acids is 3. The molecule has 1 aromatic rings. The molecule has 2 amide bonds. The molecule has 0 saturated carbocycles. The number of hydrogen-bond acceptors (Lipinski definition) is 7. The van der Waals surface area contributed by atoms with Crippen molar-refractivity contribution in [3.63, 3.8) is 0 Å². The zero-order chi connectivity index (χ0) is 18.6. The van der Waals surface area contributed by atoms with Gasteiger partial charge < -0.3 is 14.6 Å². The van der Waals surface area contributed by atoms with Gasteiger partial charge in [-0.05, 0) is 65.3 Å². The van der Waals surface area contributed by atoms with E-state index in [1.54, 1.807) is 26.0 Å². The summed E-state index contributed by atoms with van der Waals surface area (Å²) in [6.07, 6.45) is 1.50. The highest BCUT2D eigenvalue weighted by Gasteiger charge is 2.36. The molecule has 0 aromatic heterocycles. The van der Waals surface area contributed by atoms with Crippen LogP contribution in [0.15, 0.2) is 21.5 Å². The molecule has 0 aliphatic carbocycles. The molecule has 2 rings (SSSR count). The van der Waals surface area contributed by atoms with Crippen LogP contribution in [-0.4, -0.2) is 46.9 Å². The number of carbonyl (C=O) groups is 3. The van der Waals surface area contributed by atoms with Gasteiger partial charge in [0, 0.05) is 0 Å². The van der Waals surface area contributed by atoms with E-state index < -0.39 is 23.7 Å². The van der Waals surface area contributed by atoms with E-state index >= 15 is 0 Å². The number of halogens is 1. The van der Waals surface area contributed by atoms with Crippen molar-refractivity contribution in [2.45, 2.75) is 13.8 Å². The summed E-state index contributed by atoms with van der Waals surface area (Å²) in [5.41, 5.74) is 0.565. The molecule has 0 atom stereocenters. The quantitative estimate of drug-likeness (QED) is 0.548. The fraction of sp³-hybridized carbons (Fsp3) is 0.312. The maximum absolute atomic E-state index is 12.3. The summed E-state index contributed by atoms with van der Waals surface area (Å²) in [5, 5.41) is 9.39. The number of esters is 1. The maximum atomic E-state index is 12.3. The van der Waals surface area contributed by atoms with Gasteiger partial charge in [0.15, 0.2) is 11.5 Å². The minimum absolute atomic E-state index is 0.0468. The Labute approximate surface area is 157 Å². The first-order valence-electron chi connectivity index (χ1n) is 7.43. The average Bonchev–Trinajstić information content (AvgIpc) is 2.80. The fourth-order valence-corrected chi connectivity index (χ4v) is 3.36. The molecule has 1 aromatic carbocycles. The summed E-state index contributed by atoms with van der Waals surface area (Å²) < 4.78 is 10.5. The number of hydrogen-bond donors (Lipinski definition) is 1. The first kappa shape index (κ1) is 19.3. The van der Waals surface area contributed by atoms with E-state index in [9.17, 15) is 19.5 Å². The highest BCUT2D eigenvalue weighted by atomic mass is 79.9. The first-order chi connectivity index (χ1) is 11.9. The Morgan fingerprint density at radius 1 is 1.32 bits per heavy atom. The lowest BCUT2D eigenvalue weighted by molar-refractivity contribution is -0.145. The molecule has 1 aliphatic rings. The lowest BCUT2D eigenvalue weighted by Gasteiger charge is -2.11. The third kappa shape index (κ3) is 4.55. The molecule has 7 nitrogen and oxygen atoms in total. The zero-order valence-electron chi connectivity index (χ0n) is 13.6. The highest BCUT2D eigenvalue weighted by Crippen LogP contribution is 2.38. The van der Waals surface area contributed by atoms with Crippen LogP contribution in [0.3, 0.4) is 0 Å². The predicted octanol–water partition coefficient (Wildman–Crippen LogP) is 3.15. The van der Waals surface area contributed by atoms with Crippen LogP contribution in [0.5, 0.6) is 11.5 Å². The molecule has 1 heterocycles. The number of rotatable bonds is 6. The lowest BCUT2D eigenvalue weighted by atomic mass is 10.2. The van der Waals surface area contributed by atoms with Crippen LogP contribution in [0.1, 0.15) is 19.4 Å². The minimum atomic E-state index is -0.642. The molecule has 0 unspecified atom stereocenters. The van der Waals surface area contributed by atoms with Crippen molar-refractivity contribution in [1.29, 1.82) is 0 Å². The van der Waals surface area contributed by atoms with Gasteiger partial charge in [-0.15, -0.1) is 0 Å². The minimum Gasteiger partial charge on any atom is -0.503 e. The number of benzene rings is 1. The van der Waals surface area contributed by atoms with Gasteiger partial charge >= 0.3 is 5.97 Å². The van der Waals surface area contributed by atoms with Crippen LogP contribution in [-0.2, 0) is 14.3 Å². The number of phenols is 1. The van der Waals surface area contributed by atoms with Crippen LogP contribution in [0.25, 0.3) is 6.08 Å². The lowest BCUT2D eigenvalue weighted by Crippen LogP contribution is -2.34. The van der Waals surface area contributed by atoms with Gasteiger partial charge in [-0.3, -0.25) is 19.3 Å². The van der Waals surface area contributed by atoms with Crippen LogP contribution < -0.4 is 4.74 Å². The fourth-order valence-electron chi connectivity index (χ4n) is 2.07. The summed E-state index contributed by atoms with van der Waals surface area (Å²) in [6, 6.07) is 3.15. The van der Waals surface area contributed by atoms with Gasteiger partial charge in [0.1, 0.15) is 6.54 Å². The summed E-state index contributed by atoms with van der Waals surface area (Å²) >= 11 is 3.95. The number of nitrogens with zero attached hydrogens (tertiary/aromatic N) is 1. The number of aromatic hydroxyl groups is 1. The second-order valence-electron chi connectivity index (χ2n) is 4.86. The second-order valence-corrected chi connectivity index (χ2v) is 6.70. The topological polar surface area (TPSA) is 93.1 Å². The van der Waals surface area contributed by atoms with Crippen molar-refractivity contribution in [3.8, 4) is 11.5 Å². The van der Waals surface area contributed by atoms with Crippen molar-refractivity contribution in [3.05, 3.63) is 27.1 Å². The molecular weight excluding hydrogens is 414 g/mol. The normalized spacial score (nSPS) is 15.8. The van der Waals surface area contributed by atoms with E-state index in [1.165, 1.54) is 6.08 Å². The van der Waals surface area contributed by atoms with E-state index in [4.69, 9.17) is 9.47 Å². The molecular formula is C16H16BrNO6S. The Kier molecular flexibility index (Phi) is 6.49.